The van der Waals surface area contributed by atoms with Gasteiger partial charge in [0.25, 0.3) is 0 Å². The minimum atomic E-state index is -0.444. The van der Waals surface area contributed by atoms with E-state index in [2.05, 4.69) is 0 Å². The van der Waals surface area contributed by atoms with Gasteiger partial charge < -0.3 is 14.9 Å². The number of hydrogen-bond donors (Lipinski definition) is 1. The van der Waals surface area contributed by atoms with E-state index in [9.17, 15) is 9.59 Å². The van der Waals surface area contributed by atoms with Crippen LogP contribution in [-0.4, -0.2) is 58.5 Å². The second-order valence-corrected chi connectivity index (χ2v) is 4.52. The van der Waals surface area contributed by atoms with Gasteiger partial charge in [-0.15, -0.1) is 0 Å². The summed E-state index contributed by atoms with van der Waals surface area (Å²) in [6, 6.07) is 0.0652. The van der Waals surface area contributed by atoms with Gasteiger partial charge in [-0.05, 0) is 27.2 Å². The van der Waals surface area contributed by atoms with Gasteiger partial charge in [-0.3, -0.25) is 9.59 Å². The van der Waals surface area contributed by atoms with Gasteiger partial charge in [-0.2, -0.15) is 0 Å². The van der Waals surface area contributed by atoms with Gasteiger partial charge in [0, 0.05) is 25.7 Å². The summed E-state index contributed by atoms with van der Waals surface area (Å²) >= 11 is 0. The SMILES string of the molecule is CC(O)CCN1CCN(C(C)C)C(=O)C1=O. The van der Waals surface area contributed by atoms with E-state index < -0.39 is 17.9 Å². The molecule has 0 radical (unpaired) electrons. The summed E-state index contributed by atoms with van der Waals surface area (Å²) in [4.78, 5) is 26.5. The number of aliphatic hydroxyl groups is 1. The predicted octanol–water partition coefficient (Wildman–Crippen LogP) is -0.163. The van der Waals surface area contributed by atoms with Crippen LogP contribution in [0.2, 0.25) is 0 Å². The zero-order chi connectivity index (χ0) is 12.3. The molecule has 92 valence electrons. The van der Waals surface area contributed by atoms with Crippen molar-refractivity contribution < 1.29 is 14.7 Å². The number of carbonyl (C=O) groups excluding carboxylic acids is 2. The first-order chi connectivity index (χ1) is 7.43. The minimum absolute atomic E-state index is 0.0652. The molecule has 1 N–H and O–H groups in total. The minimum Gasteiger partial charge on any atom is -0.393 e. The quantitative estimate of drug-likeness (QED) is 0.680. The van der Waals surface area contributed by atoms with E-state index in [1.807, 2.05) is 13.8 Å². The van der Waals surface area contributed by atoms with Crippen LogP contribution in [0.15, 0.2) is 0 Å². The molecule has 1 aliphatic rings. The molecule has 0 bridgehead atoms. The van der Waals surface area contributed by atoms with Crippen molar-refractivity contribution in [2.75, 3.05) is 19.6 Å². The molecular formula is C11H20N2O3. The van der Waals surface area contributed by atoms with Crippen molar-refractivity contribution in [1.82, 2.24) is 9.80 Å². The molecule has 1 saturated heterocycles. The lowest BCUT2D eigenvalue weighted by Gasteiger charge is -2.36. The molecule has 16 heavy (non-hydrogen) atoms. The molecule has 2 amide bonds. The highest BCUT2D eigenvalue weighted by atomic mass is 16.3. The van der Waals surface area contributed by atoms with Crippen LogP contribution < -0.4 is 0 Å². The summed E-state index contributed by atoms with van der Waals surface area (Å²) in [7, 11) is 0. The van der Waals surface area contributed by atoms with Crippen LogP contribution >= 0.6 is 0 Å². The molecule has 1 atom stereocenters. The molecule has 0 aromatic rings. The van der Waals surface area contributed by atoms with E-state index >= 15 is 0 Å². The summed E-state index contributed by atoms with van der Waals surface area (Å²) in [6.07, 6.45) is 0.0757. The fraction of sp³-hybridized carbons (Fsp3) is 0.818. The zero-order valence-corrected chi connectivity index (χ0v) is 10.1. The van der Waals surface area contributed by atoms with E-state index in [-0.39, 0.29) is 6.04 Å². The first kappa shape index (κ1) is 13.0. The molecule has 1 unspecified atom stereocenters. The van der Waals surface area contributed by atoms with E-state index in [0.29, 0.717) is 26.1 Å². The Morgan fingerprint density at radius 2 is 1.81 bits per heavy atom. The Balaban J connectivity index is 2.55. The molecular weight excluding hydrogens is 208 g/mol. The van der Waals surface area contributed by atoms with Crippen molar-refractivity contribution in [2.24, 2.45) is 0 Å². The van der Waals surface area contributed by atoms with Crippen molar-refractivity contribution in [3.8, 4) is 0 Å². The van der Waals surface area contributed by atoms with E-state index in [1.54, 1.807) is 11.8 Å². The van der Waals surface area contributed by atoms with Gasteiger partial charge in [0.05, 0.1) is 6.10 Å². The number of hydrogen-bond acceptors (Lipinski definition) is 3. The van der Waals surface area contributed by atoms with E-state index in [4.69, 9.17) is 5.11 Å². The van der Waals surface area contributed by atoms with E-state index in [0.717, 1.165) is 0 Å². The fourth-order valence-electron chi connectivity index (χ4n) is 1.74. The van der Waals surface area contributed by atoms with Crippen molar-refractivity contribution in [1.29, 1.82) is 0 Å². The van der Waals surface area contributed by atoms with Crippen LogP contribution in [-0.2, 0) is 9.59 Å². The molecule has 5 heteroatoms. The smallest absolute Gasteiger partial charge is 0.312 e. The Morgan fingerprint density at radius 1 is 1.19 bits per heavy atom. The van der Waals surface area contributed by atoms with Gasteiger partial charge in [0.15, 0.2) is 0 Å². The van der Waals surface area contributed by atoms with Gasteiger partial charge in [-0.1, -0.05) is 0 Å². The third-order valence-corrected chi connectivity index (χ3v) is 2.78. The highest BCUT2D eigenvalue weighted by Crippen LogP contribution is 2.09. The number of carbonyl (C=O) groups is 2. The average molecular weight is 228 g/mol. The van der Waals surface area contributed by atoms with Gasteiger partial charge in [-0.25, -0.2) is 0 Å². The van der Waals surface area contributed by atoms with Crippen LogP contribution in [0.25, 0.3) is 0 Å². The van der Waals surface area contributed by atoms with Gasteiger partial charge in [0.1, 0.15) is 0 Å². The molecule has 1 aliphatic heterocycles. The summed E-state index contributed by atoms with van der Waals surface area (Å²) in [5.41, 5.74) is 0. The van der Waals surface area contributed by atoms with Crippen LogP contribution in [0.5, 0.6) is 0 Å². The summed E-state index contributed by atoms with van der Waals surface area (Å²) in [6.45, 7) is 7.08. The topological polar surface area (TPSA) is 60.9 Å². The van der Waals surface area contributed by atoms with Crippen molar-refractivity contribution in [2.45, 2.75) is 39.3 Å². The molecule has 0 aliphatic carbocycles. The molecule has 5 nitrogen and oxygen atoms in total. The standard InChI is InChI=1S/C11H20N2O3/c1-8(2)13-7-6-12(5-4-9(3)14)10(15)11(13)16/h8-9,14H,4-7H2,1-3H3. The number of nitrogens with zero attached hydrogens (tertiary/aromatic N) is 2. The van der Waals surface area contributed by atoms with Crippen molar-refractivity contribution in [3.63, 3.8) is 0 Å². The van der Waals surface area contributed by atoms with Gasteiger partial charge in [0.2, 0.25) is 0 Å². The third kappa shape index (κ3) is 2.95. The third-order valence-electron chi connectivity index (χ3n) is 2.78. The van der Waals surface area contributed by atoms with E-state index in [1.165, 1.54) is 4.90 Å². The van der Waals surface area contributed by atoms with Crippen molar-refractivity contribution in [3.05, 3.63) is 0 Å². The fourth-order valence-corrected chi connectivity index (χ4v) is 1.74. The molecule has 0 saturated carbocycles. The highest BCUT2D eigenvalue weighted by Gasteiger charge is 2.33. The monoisotopic (exact) mass is 228 g/mol. The second-order valence-electron chi connectivity index (χ2n) is 4.52. The summed E-state index contributed by atoms with van der Waals surface area (Å²) in [5, 5.41) is 9.14. The molecule has 0 aromatic heterocycles. The number of piperazine rings is 1. The number of rotatable bonds is 4. The summed E-state index contributed by atoms with van der Waals surface area (Å²) in [5.74, 6) is -0.868. The van der Waals surface area contributed by atoms with Crippen LogP contribution in [0.3, 0.4) is 0 Å². The van der Waals surface area contributed by atoms with Crippen LogP contribution in [0, 0.1) is 0 Å². The van der Waals surface area contributed by atoms with Crippen molar-refractivity contribution >= 4 is 11.8 Å². The maximum atomic E-state index is 11.7. The zero-order valence-electron chi connectivity index (χ0n) is 10.1. The largest absolute Gasteiger partial charge is 0.393 e. The Bertz CT molecular complexity index is 276. The lowest BCUT2D eigenvalue weighted by molar-refractivity contribution is -0.157. The molecule has 0 aromatic carbocycles. The first-order valence-electron chi connectivity index (χ1n) is 5.71. The first-order valence-corrected chi connectivity index (χ1v) is 5.71. The highest BCUT2D eigenvalue weighted by molar-refractivity contribution is 6.35. The van der Waals surface area contributed by atoms with Gasteiger partial charge >= 0.3 is 11.8 Å². The Morgan fingerprint density at radius 3 is 2.31 bits per heavy atom. The number of aliphatic hydroxyl groups excluding tert-OH is 1. The van der Waals surface area contributed by atoms with Crippen LogP contribution in [0.1, 0.15) is 27.2 Å². The summed E-state index contributed by atoms with van der Waals surface area (Å²) < 4.78 is 0. The Labute approximate surface area is 96.0 Å². The second kappa shape index (κ2) is 5.30. The predicted molar refractivity (Wildman–Crippen MR) is 59.7 cm³/mol. The maximum absolute atomic E-state index is 11.7. The molecule has 1 fully saturated rings. The molecule has 1 heterocycles. The Hall–Kier alpha value is -1.10. The Kier molecular flexibility index (Phi) is 4.29. The molecule has 0 spiro atoms. The lowest BCUT2D eigenvalue weighted by atomic mass is 10.2. The normalized spacial score (nSPS) is 19.6. The average Bonchev–Trinajstić information content (AvgIpc) is 2.19. The molecule has 1 rings (SSSR count). The lowest BCUT2D eigenvalue weighted by Crippen LogP contribution is -2.56. The number of amides is 2. The maximum Gasteiger partial charge on any atom is 0.312 e. The van der Waals surface area contributed by atoms with Crippen LogP contribution in [0.4, 0.5) is 0 Å².